The van der Waals surface area contributed by atoms with E-state index in [0.29, 0.717) is 13.1 Å². The smallest absolute Gasteiger partial charge is 0.335 e. The van der Waals surface area contributed by atoms with Gasteiger partial charge in [0.05, 0.1) is 5.56 Å². The second-order valence-corrected chi connectivity index (χ2v) is 3.77. The van der Waals surface area contributed by atoms with Crippen LogP contribution < -0.4 is 5.56 Å². The van der Waals surface area contributed by atoms with Crippen LogP contribution in [-0.2, 0) is 13.1 Å². The van der Waals surface area contributed by atoms with E-state index in [2.05, 4.69) is 4.90 Å². The normalized spacial score (nSPS) is 16.1. The molecule has 0 unspecified atom stereocenters. The van der Waals surface area contributed by atoms with Gasteiger partial charge in [-0.05, 0) is 13.1 Å². The van der Waals surface area contributed by atoms with Crippen LogP contribution in [0.1, 0.15) is 16.1 Å². The van der Waals surface area contributed by atoms with Gasteiger partial charge < -0.3 is 9.67 Å². The molecule has 0 fully saturated rings. The van der Waals surface area contributed by atoms with Crippen molar-refractivity contribution < 1.29 is 9.90 Å². The molecule has 1 aromatic rings. The zero-order valence-corrected chi connectivity index (χ0v) is 8.43. The lowest BCUT2D eigenvalue weighted by atomic mass is 10.2. The molecule has 0 spiro atoms. The Labute approximate surface area is 86.6 Å². The van der Waals surface area contributed by atoms with Crippen molar-refractivity contribution >= 4 is 5.97 Å². The first kappa shape index (κ1) is 9.92. The Kier molecular flexibility index (Phi) is 2.32. The molecule has 1 N–H and O–H groups in total. The molecule has 5 nitrogen and oxygen atoms in total. The molecule has 0 aliphatic carbocycles. The zero-order chi connectivity index (χ0) is 11.0. The molecular weight excluding hydrogens is 196 g/mol. The van der Waals surface area contributed by atoms with Gasteiger partial charge in [-0.25, -0.2) is 4.79 Å². The molecule has 0 amide bonds. The third kappa shape index (κ3) is 1.78. The Bertz CT molecular complexity index is 464. The first-order chi connectivity index (χ1) is 7.08. The van der Waals surface area contributed by atoms with Crippen molar-refractivity contribution in [3.8, 4) is 0 Å². The highest BCUT2D eigenvalue weighted by molar-refractivity contribution is 5.87. The molecule has 1 aromatic heterocycles. The zero-order valence-electron chi connectivity index (χ0n) is 8.43. The quantitative estimate of drug-likeness (QED) is 0.705. The Morgan fingerprint density at radius 1 is 1.40 bits per heavy atom. The molecule has 0 atom stereocenters. The largest absolute Gasteiger partial charge is 0.478 e. The molecule has 15 heavy (non-hydrogen) atoms. The van der Waals surface area contributed by atoms with E-state index in [0.717, 1.165) is 12.2 Å². The Morgan fingerprint density at radius 2 is 2.13 bits per heavy atom. The number of aromatic nitrogens is 1. The van der Waals surface area contributed by atoms with Crippen LogP contribution in [0.3, 0.4) is 0 Å². The lowest BCUT2D eigenvalue weighted by Crippen LogP contribution is -2.37. The highest BCUT2D eigenvalue weighted by Gasteiger charge is 2.16. The van der Waals surface area contributed by atoms with Gasteiger partial charge in [0.2, 0.25) is 0 Å². The Hall–Kier alpha value is -1.62. The summed E-state index contributed by atoms with van der Waals surface area (Å²) in [5.41, 5.74) is 0.619. The van der Waals surface area contributed by atoms with Crippen LogP contribution in [0.4, 0.5) is 0 Å². The summed E-state index contributed by atoms with van der Waals surface area (Å²) < 4.78 is 1.63. The number of hydrogen-bond acceptors (Lipinski definition) is 3. The lowest BCUT2D eigenvalue weighted by molar-refractivity contribution is 0.0696. The summed E-state index contributed by atoms with van der Waals surface area (Å²) >= 11 is 0. The molecule has 0 radical (unpaired) electrons. The van der Waals surface area contributed by atoms with E-state index in [1.807, 2.05) is 7.05 Å². The van der Waals surface area contributed by atoms with E-state index in [4.69, 9.17) is 5.11 Å². The molecule has 5 heteroatoms. The van der Waals surface area contributed by atoms with Crippen LogP contribution in [0.25, 0.3) is 0 Å². The molecule has 0 aromatic carbocycles. The van der Waals surface area contributed by atoms with Crippen molar-refractivity contribution in [2.45, 2.75) is 13.1 Å². The van der Waals surface area contributed by atoms with Crippen molar-refractivity contribution in [1.82, 2.24) is 9.47 Å². The van der Waals surface area contributed by atoms with E-state index in [9.17, 15) is 9.59 Å². The molecule has 0 saturated carbocycles. The summed E-state index contributed by atoms with van der Waals surface area (Å²) in [7, 11) is 1.95. The number of carboxylic acid groups (broad SMARTS) is 1. The van der Waals surface area contributed by atoms with E-state index >= 15 is 0 Å². The fourth-order valence-corrected chi connectivity index (χ4v) is 1.79. The van der Waals surface area contributed by atoms with Gasteiger partial charge >= 0.3 is 5.97 Å². The number of nitrogens with zero attached hydrogens (tertiary/aromatic N) is 2. The molecule has 1 aliphatic heterocycles. The van der Waals surface area contributed by atoms with Gasteiger partial charge in [0.1, 0.15) is 0 Å². The summed E-state index contributed by atoms with van der Waals surface area (Å²) in [6.07, 6.45) is 0. The average molecular weight is 208 g/mol. The third-order valence-corrected chi connectivity index (χ3v) is 2.60. The Morgan fingerprint density at radius 3 is 2.80 bits per heavy atom. The lowest BCUT2D eigenvalue weighted by Gasteiger charge is -2.26. The minimum Gasteiger partial charge on any atom is -0.478 e. The monoisotopic (exact) mass is 208 g/mol. The minimum atomic E-state index is -1.05. The maximum atomic E-state index is 11.6. The van der Waals surface area contributed by atoms with Gasteiger partial charge in [-0.15, -0.1) is 0 Å². The van der Waals surface area contributed by atoms with Crippen LogP contribution in [-0.4, -0.2) is 34.1 Å². The van der Waals surface area contributed by atoms with Gasteiger partial charge in [-0.2, -0.15) is 0 Å². The number of pyridine rings is 1. The highest BCUT2D eigenvalue weighted by atomic mass is 16.4. The molecular formula is C10H12N2O3. The predicted octanol–water partition coefficient (Wildman–Crippen LogP) is -0.00810. The first-order valence-corrected chi connectivity index (χ1v) is 4.73. The maximum absolute atomic E-state index is 11.6. The number of rotatable bonds is 1. The number of carboxylic acids is 1. The SMILES string of the molecule is CN1CCn2c(cc(C(=O)O)cc2=O)C1. The first-order valence-electron chi connectivity index (χ1n) is 4.73. The van der Waals surface area contributed by atoms with E-state index in [-0.39, 0.29) is 11.1 Å². The average Bonchev–Trinajstić information content (AvgIpc) is 2.16. The van der Waals surface area contributed by atoms with Crippen LogP contribution in [0.5, 0.6) is 0 Å². The van der Waals surface area contributed by atoms with Gasteiger partial charge in [0, 0.05) is 31.4 Å². The van der Waals surface area contributed by atoms with Crippen molar-refractivity contribution in [1.29, 1.82) is 0 Å². The number of hydrogen-bond donors (Lipinski definition) is 1. The van der Waals surface area contributed by atoms with Crippen molar-refractivity contribution in [2.24, 2.45) is 0 Å². The second kappa shape index (κ2) is 3.51. The van der Waals surface area contributed by atoms with Crippen LogP contribution in [0, 0.1) is 0 Å². The highest BCUT2D eigenvalue weighted by Crippen LogP contribution is 2.09. The molecule has 2 heterocycles. The molecule has 0 bridgehead atoms. The molecule has 2 rings (SSSR count). The van der Waals surface area contributed by atoms with Gasteiger partial charge in [0.25, 0.3) is 5.56 Å². The van der Waals surface area contributed by atoms with E-state index in [1.165, 1.54) is 6.07 Å². The summed E-state index contributed by atoms with van der Waals surface area (Å²) in [6.45, 7) is 2.07. The fourth-order valence-electron chi connectivity index (χ4n) is 1.79. The van der Waals surface area contributed by atoms with E-state index in [1.54, 1.807) is 10.6 Å². The number of aromatic carboxylic acids is 1. The van der Waals surface area contributed by atoms with Gasteiger partial charge in [-0.3, -0.25) is 9.69 Å². The van der Waals surface area contributed by atoms with Crippen molar-refractivity contribution in [2.75, 3.05) is 13.6 Å². The van der Waals surface area contributed by atoms with Crippen LogP contribution in [0.2, 0.25) is 0 Å². The van der Waals surface area contributed by atoms with Crippen LogP contribution >= 0.6 is 0 Å². The summed E-state index contributed by atoms with van der Waals surface area (Å²) in [5.74, 6) is -1.05. The van der Waals surface area contributed by atoms with Gasteiger partial charge in [0.15, 0.2) is 0 Å². The second-order valence-electron chi connectivity index (χ2n) is 3.77. The number of fused-ring (bicyclic) bond motifs is 1. The topological polar surface area (TPSA) is 62.5 Å². The standard InChI is InChI=1S/C10H12N2O3/c1-11-2-3-12-8(6-11)4-7(10(14)15)5-9(12)13/h4-5H,2-3,6H2,1H3,(H,14,15). The Balaban J connectivity index is 2.53. The number of carbonyl (C=O) groups is 1. The summed E-state index contributed by atoms with van der Waals surface area (Å²) in [4.78, 5) is 24.4. The van der Waals surface area contributed by atoms with Gasteiger partial charge in [-0.1, -0.05) is 0 Å². The number of likely N-dealkylation sites (N-methyl/N-ethyl adjacent to an activating group) is 1. The fraction of sp³-hybridized carbons (Fsp3) is 0.400. The summed E-state index contributed by atoms with van der Waals surface area (Å²) in [5, 5.41) is 8.81. The van der Waals surface area contributed by atoms with E-state index < -0.39 is 5.97 Å². The van der Waals surface area contributed by atoms with Crippen LogP contribution in [0.15, 0.2) is 16.9 Å². The summed E-state index contributed by atoms with van der Waals surface area (Å²) in [6, 6.07) is 2.75. The molecule has 1 aliphatic rings. The van der Waals surface area contributed by atoms with Crippen molar-refractivity contribution in [3.63, 3.8) is 0 Å². The minimum absolute atomic E-state index is 0.0709. The predicted molar refractivity (Wildman–Crippen MR) is 54.0 cm³/mol. The van der Waals surface area contributed by atoms with Crippen molar-refractivity contribution in [3.05, 3.63) is 33.7 Å². The molecule has 80 valence electrons. The third-order valence-electron chi connectivity index (χ3n) is 2.60. The maximum Gasteiger partial charge on any atom is 0.335 e. The molecule has 0 saturated heterocycles.